The monoisotopic (exact) mass is 156 g/mol. The minimum Gasteiger partial charge on any atom is -0.794 e. The minimum atomic E-state index is 0. The van der Waals surface area contributed by atoms with Crippen molar-refractivity contribution in [2.75, 3.05) is 11.5 Å². The van der Waals surface area contributed by atoms with E-state index in [2.05, 4.69) is 25.3 Å². The van der Waals surface area contributed by atoms with Crippen molar-refractivity contribution >= 4 is 25.3 Å². The average molecular weight is 158 g/mol. The zero-order valence-corrected chi connectivity index (χ0v) is 7.54. The minimum absolute atomic E-state index is 0. The zero-order chi connectivity index (χ0) is 3.41. The summed E-state index contributed by atoms with van der Waals surface area (Å²) in [4.78, 5) is 0. The molecule has 0 radical (unpaired) electrons. The zero-order valence-electron chi connectivity index (χ0n) is 2.94. The molecule has 0 aliphatic carbocycles. The molecule has 5 heavy (non-hydrogen) atoms. The van der Waals surface area contributed by atoms with Gasteiger partial charge in [0.1, 0.15) is 0 Å². The van der Waals surface area contributed by atoms with Crippen LogP contribution in [-0.4, -0.2) is 11.5 Å². The molecule has 0 heterocycles. The summed E-state index contributed by atoms with van der Waals surface area (Å²) in [5.41, 5.74) is 0. The fraction of sp³-hybridized carbons (Fsp3) is 1.00. The van der Waals surface area contributed by atoms with Crippen LogP contribution in [0.2, 0.25) is 0 Å². The molecule has 0 saturated carbocycles. The van der Waals surface area contributed by atoms with Gasteiger partial charge in [-0.1, -0.05) is 0 Å². The molecule has 0 nitrogen and oxygen atoms in total. The molecule has 0 N–H and O–H groups in total. The van der Waals surface area contributed by atoms with Crippen molar-refractivity contribution in [3.63, 3.8) is 0 Å². The first-order chi connectivity index (χ1) is 1.91. The van der Waals surface area contributed by atoms with Gasteiger partial charge in [-0.15, -0.1) is 0 Å². The second kappa shape index (κ2) is 9.01. The van der Waals surface area contributed by atoms with Crippen LogP contribution in [0.1, 0.15) is 0 Å². The van der Waals surface area contributed by atoms with Crippen LogP contribution in [0.5, 0.6) is 0 Å². The van der Waals surface area contributed by atoms with E-state index < -0.39 is 0 Å². The van der Waals surface area contributed by atoms with Crippen molar-refractivity contribution in [1.29, 1.82) is 0 Å². The van der Waals surface area contributed by atoms with Crippen molar-refractivity contribution < 1.29 is 19.5 Å². The molecule has 0 spiro atoms. The summed E-state index contributed by atoms with van der Waals surface area (Å²) in [6.07, 6.45) is 0. The van der Waals surface area contributed by atoms with Crippen molar-refractivity contribution in [2.24, 2.45) is 0 Å². The largest absolute Gasteiger partial charge is 2.00 e. The Morgan fingerprint density at radius 3 is 1.20 bits per heavy atom. The fourth-order valence-corrected chi connectivity index (χ4v) is 0. The Morgan fingerprint density at radius 2 is 1.20 bits per heavy atom. The molecule has 0 aliphatic rings. The standard InChI is InChI=1S/C2H6S2.Zn/c3-1-2-4;/h3-4H,1-2H2;/q;+2/p-2. The van der Waals surface area contributed by atoms with Crippen LogP contribution >= 0.6 is 0 Å². The topological polar surface area (TPSA) is 0 Å². The maximum atomic E-state index is 4.45. The number of rotatable bonds is 1. The molecule has 0 aliphatic heterocycles. The summed E-state index contributed by atoms with van der Waals surface area (Å²) >= 11 is 8.90. The molecule has 0 unspecified atom stereocenters. The van der Waals surface area contributed by atoms with Crippen LogP contribution in [0.25, 0.3) is 0 Å². The molecule has 0 aromatic carbocycles. The molecular formula is C2H4S2Zn. The summed E-state index contributed by atoms with van der Waals surface area (Å²) in [6, 6.07) is 0. The van der Waals surface area contributed by atoms with E-state index in [1.807, 2.05) is 0 Å². The van der Waals surface area contributed by atoms with Gasteiger partial charge in [-0.25, -0.2) is 0 Å². The summed E-state index contributed by atoms with van der Waals surface area (Å²) in [7, 11) is 0. The summed E-state index contributed by atoms with van der Waals surface area (Å²) in [6.45, 7) is 0. The quantitative estimate of drug-likeness (QED) is 0.391. The first-order valence-electron chi connectivity index (χ1n) is 1.08. The Hall–Kier alpha value is 1.32. The second-order valence-corrected chi connectivity index (χ2v) is 1.22. The summed E-state index contributed by atoms with van der Waals surface area (Å²) in [5.74, 6) is 1.44. The van der Waals surface area contributed by atoms with Crippen LogP contribution < -0.4 is 0 Å². The second-order valence-electron chi connectivity index (χ2n) is 0.408. The smallest absolute Gasteiger partial charge is 0.794 e. The first kappa shape index (κ1) is 9.59. The van der Waals surface area contributed by atoms with E-state index in [0.29, 0.717) is 0 Å². The molecule has 0 rings (SSSR count). The third kappa shape index (κ3) is 10.9. The van der Waals surface area contributed by atoms with Gasteiger partial charge in [-0.05, 0) is 0 Å². The van der Waals surface area contributed by atoms with E-state index in [-0.39, 0.29) is 19.5 Å². The van der Waals surface area contributed by atoms with Gasteiger partial charge in [0.2, 0.25) is 0 Å². The normalized spacial score (nSPS) is 6.00. The number of hydrogen-bond donors (Lipinski definition) is 0. The van der Waals surface area contributed by atoms with E-state index in [1.165, 1.54) is 0 Å². The Morgan fingerprint density at radius 1 is 1.00 bits per heavy atom. The molecule has 3 heteroatoms. The maximum Gasteiger partial charge on any atom is 2.00 e. The molecule has 0 aromatic rings. The van der Waals surface area contributed by atoms with Gasteiger partial charge in [0, 0.05) is 0 Å². The van der Waals surface area contributed by atoms with Crippen molar-refractivity contribution in [3.05, 3.63) is 0 Å². The molecular weight excluding hydrogens is 154 g/mol. The molecule has 0 fully saturated rings. The van der Waals surface area contributed by atoms with Crippen LogP contribution in [0.4, 0.5) is 0 Å². The predicted octanol–water partition coefficient (Wildman–Crippen LogP) is 0.0777. The van der Waals surface area contributed by atoms with Gasteiger partial charge in [-0.2, -0.15) is 11.5 Å². The van der Waals surface area contributed by atoms with Crippen LogP contribution in [0.3, 0.4) is 0 Å². The SMILES string of the molecule is [S-]CC[S-].[Zn+2]. The maximum absolute atomic E-state index is 4.45. The molecule has 0 aromatic heterocycles. The van der Waals surface area contributed by atoms with Crippen LogP contribution in [0.15, 0.2) is 0 Å². The first-order valence-corrected chi connectivity index (χ1v) is 2.23. The molecule has 0 saturated heterocycles. The van der Waals surface area contributed by atoms with Gasteiger partial charge < -0.3 is 25.3 Å². The fourth-order valence-electron chi connectivity index (χ4n) is 0. The molecule has 26 valence electrons. The van der Waals surface area contributed by atoms with Gasteiger partial charge in [0.15, 0.2) is 0 Å². The summed E-state index contributed by atoms with van der Waals surface area (Å²) < 4.78 is 0. The average Bonchev–Trinajstić information content (AvgIpc) is 1.37. The third-order valence-electron chi connectivity index (χ3n) is 0.0833. The molecule has 0 bridgehead atoms. The van der Waals surface area contributed by atoms with Gasteiger partial charge in [0.25, 0.3) is 0 Å². The van der Waals surface area contributed by atoms with Gasteiger partial charge in [-0.3, -0.25) is 0 Å². The van der Waals surface area contributed by atoms with Crippen LogP contribution in [-0.2, 0) is 44.7 Å². The van der Waals surface area contributed by atoms with E-state index in [0.717, 1.165) is 11.5 Å². The van der Waals surface area contributed by atoms with E-state index in [9.17, 15) is 0 Å². The summed E-state index contributed by atoms with van der Waals surface area (Å²) in [5, 5.41) is 0. The third-order valence-corrected chi connectivity index (χ3v) is 0.750. The van der Waals surface area contributed by atoms with Crippen molar-refractivity contribution in [2.45, 2.75) is 0 Å². The van der Waals surface area contributed by atoms with Crippen molar-refractivity contribution in [3.8, 4) is 0 Å². The van der Waals surface area contributed by atoms with Crippen molar-refractivity contribution in [1.82, 2.24) is 0 Å². The van der Waals surface area contributed by atoms with Gasteiger partial charge in [0.05, 0.1) is 0 Å². The van der Waals surface area contributed by atoms with E-state index >= 15 is 0 Å². The molecule has 0 atom stereocenters. The Labute approximate surface area is 56.3 Å². The van der Waals surface area contributed by atoms with Crippen LogP contribution in [0, 0.1) is 0 Å². The van der Waals surface area contributed by atoms with E-state index in [1.54, 1.807) is 0 Å². The Balaban J connectivity index is 0. The number of hydrogen-bond acceptors (Lipinski definition) is 2. The Bertz CT molecular complexity index is 9.61. The van der Waals surface area contributed by atoms with Gasteiger partial charge >= 0.3 is 19.5 Å². The van der Waals surface area contributed by atoms with E-state index in [4.69, 9.17) is 0 Å². The predicted molar refractivity (Wildman–Crippen MR) is 24.5 cm³/mol. The Kier molecular flexibility index (Phi) is 17.3. The molecule has 0 amide bonds.